The number of hydrogen-bond donors (Lipinski definition) is 0. The molecule has 178 valence electrons. The quantitative estimate of drug-likeness (QED) is 0.584. The number of anilines is 2. The average molecular weight is 510 g/mol. The van der Waals surface area contributed by atoms with E-state index in [0.29, 0.717) is 31.0 Å². The molecule has 0 N–H and O–H groups in total. The second kappa shape index (κ2) is 8.00. The Morgan fingerprint density at radius 2 is 1.79 bits per heavy atom. The number of halogens is 3. The van der Waals surface area contributed by atoms with Crippen LogP contribution in [0.5, 0.6) is 0 Å². The van der Waals surface area contributed by atoms with Crippen molar-refractivity contribution in [2.45, 2.75) is 35.9 Å². The summed E-state index contributed by atoms with van der Waals surface area (Å²) in [7, 11) is -0.873. The van der Waals surface area contributed by atoms with Crippen molar-refractivity contribution in [1.29, 1.82) is 5.26 Å². The van der Waals surface area contributed by atoms with Gasteiger partial charge in [-0.15, -0.1) is 0 Å². The summed E-state index contributed by atoms with van der Waals surface area (Å²) in [6, 6.07) is 7.90. The van der Waals surface area contributed by atoms with Gasteiger partial charge in [0.05, 0.1) is 22.3 Å². The molecule has 1 spiro atoms. The molecule has 1 aliphatic carbocycles. The molecule has 1 amide bonds. The fourth-order valence-electron chi connectivity index (χ4n) is 4.07. The lowest BCUT2D eigenvalue weighted by Gasteiger charge is -2.43. The monoisotopic (exact) mass is 509 g/mol. The van der Waals surface area contributed by atoms with Crippen molar-refractivity contribution in [3.05, 3.63) is 47.8 Å². The first-order chi connectivity index (χ1) is 15.8. The molecule has 1 aromatic heterocycles. The predicted molar refractivity (Wildman–Crippen MR) is 120 cm³/mol. The number of carbonyl (C=O) groups excluding carboxylic acids is 1. The van der Waals surface area contributed by atoms with Crippen molar-refractivity contribution >= 4 is 44.6 Å². The molecule has 1 aliphatic heterocycles. The van der Waals surface area contributed by atoms with E-state index in [1.807, 2.05) is 0 Å². The minimum absolute atomic E-state index is 0.0447. The lowest BCUT2D eigenvalue weighted by atomic mass is 9.75. The number of alkyl halides is 3. The Morgan fingerprint density at radius 3 is 2.26 bits per heavy atom. The van der Waals surface area contributed by atoms with Gasteiger partial charge in [-0.2, -0.15) is 18.4 Å². The summed E-state index contributed by atoms with van der Waals surface area (Å²) in [4.78, 5) is 19.7. The lowest BCUT2D eigenvalue weighted by molar-refractivity contribution is -0.138. The van der Waals surface area contributed by atoms with E-state index in [4.69, 9.17) is 17.5 Å². The second-order valence-corrected chi connectivity index (χ2v) is 10.6. The highest BCUT2D eigenvalue weighted by atomic mass is 32.2. The molecule has 2 heterocycles. The molecular weight excluding hydrogens is 491 g/mol. The maximum atomic E-state index is 13.5. The fraction of sp³-hybridized carbons (Fsp3) is 0.333. The summed E-state index contributed by atoms with van der Waals surface area (Å²) >= 11 is 5.53. The Labute approximate surface area is 199 Å². The van der Waals surface area contributed by atoms with Crippen molar-refractivity contribution in [1.82, 2.24) is 9.29 Å². The topological polar surface area (TPSA) is 97.6 Å². The van der Waals surface area contributed by atoms with Crippen LogP contribution in [0.15, 0.2) is 41.4 Å². The molecule has 2 fully saturated rings. The molecular formula is C21H18F3N5O3S2. The van der Waals surface area contributed by atoms with Crippen LogP contribution < -0.4 is 9.80 Å². The van der Waals surface area contributed by atoms with Gasteiger partial charge in [-0.1, -0.05) is 0 Å². The zero-order chi connectivity index (χ0) is 25.1. The minimum atomic E-state index is -4.85. The highest BCUT2D eigenvalue weighted by Gasteiger charge is 2.59. The smallest absolute Gasteiger partial charge is 0.303 e. The summed E-state index contributed by atoms with van der Waals surface area (Å²) in [5, 5.41) is 8.96. The molecule has 0 atom stereocenters. The van der Waals surface area contributed by atoms with E-state index in [2.05, 4.69) is 4.98 Å². The van der Waals surface area contributed by atoms with Crippen molar-refractivity contribution in [2.75, 3.05) is 23.9 Å². The number of hydrogen-bond acceptors (Lipinski definition) is 6. The van der Waals surface area contributed by atoms with E-state index in [9.17, 15) is 26.4 Å². The molecule has 0 bridgehead atoms. The number of carbonyl (C=O) groups is 1. The standard InChI is InChI=1S/C21H18F3N5O3S2/c1-27(2)34(31,32)15-6-4-13(5-7-15)29-19(33)28(18(30)20(29)8-3-9-20)14-10-16(21(22,23)24)17(11-25)26-12-14/h4-7,10,12H,3,8-9H2,1-2H3. The van der Waals surface area contributed by atoms with Gasteiger partial charge in [0, 0.05) is 19.8 Å². The van der Waals surface area contributed by atoms with Crippen molar-refractivity contribution in [3.63, 3.8) is 0 Å². The molecule has 13 heteroatoms. The summed E-state index contributed by atoms with van der Waals surface area (Å²) in [5.74, 6) is -0.492. The van der Waals surface area contributed by atoms with Gasteiger partial charge in [-0.3, -0.25) is 9.69 Å². The number of pyridine rings is 1. The second-order valence-electron chi connectivity index (χ2n) is 8.12. The first-order valence-corrected chi connectivity index (χ1v) is 11.9. The lowest BCUT2D eigenvalue weighted by Crippen LogP contribution is -2.55. The van der Waals surface area contributed by atoms with Crippen LogP contribution in [0.1, 0.15) is 30.5 Å². The van der Waals surface area contributed by atoms with Gasteiger partial charge in [0.15, 0.2) is 10.8 Å². The minimum Gasteiger partial charge on any atom is -0.303 e. The third kappa shape index (κ3) is 3.53. The van der Waals surface area contributed by atoms with Gasteiger partial charge in [0.25, 0.3) is 5.91 Å². The highest BCUT2D eigenvalue weighted by molar-refractivity contribution is 7.89. The Bertz CT molecular complexity index is 1330. The predicted octanol–water partition coefficient (Wildman–Crippen LogP) is 3.28. The third-order valence-electron chi connectivity index (χ3n) is 6.01. The number of benzene rings is 1. The van der Waals surface area contributed by atoms with E-state index in [0.717, 1.165) is 15.4 Å². The van der Waals surface area contributed by atoms with Gasteiger partial charge >= 0.3 is 6.18 Å². The Hall–Kier alpha value is -3.08. The van der Waals surface area contributed by atoms with Gasteiger partial charge in [0.2, 0.25) is 10.0 Å². The van der Waals surface area contributed by atoms with Gasteiger partial charge in [0.1, 0.15) is 11.6 Å². The molecule has 2 aromatic rings. The Balaban J connectivity index is 1.78. The molecule has 1 saturated carbocycles. The van der Waals surface area contributed by atoms with Gasteiger partial charge in [-0.25, -0.2) is 17.7 Å². The molecule has 1 aromatic carbocycles. The van der Waals surface area contributed by atoms with Crippen LogP contribution >= 0.6 is 12.2 Å². The maximum Gasteiger partial charge on any atom is 0.419 e. The average Bonchev–Trinajstić information content (AvgIpc) is 2.99. The molecule has 4 rings (SSSR count). The fourth-order valence-corrected chi connectivity index (χ4v) is 5.44. The van der Waals surface area contributed by atoms with Gasteiger partial charge < -0.3 is 4.90 Å². The largest absolute Gasteiger partial charge is 0.419 e. The summed E-state index contributed by atoms with van der Waals surface area (Å²) < 4.78 is 66.2. The van der Waals surface area contributed by atoms with Crippen LogP contribution in [0, 0.1) is 11.3 Å². The zero-order valence-electron chi connectivity index (χ0n) is 18.0. The summed E-state index contributed by atoms with van der Waals surface area (Å²) in [6.45, 7) is 0. The number of nitrogens with zero attached hydrogens (tertiary/aromatic N) is 5. The van der Waals surface area contributed by atoms with Crippen LogP contribution in [0.4, 0.5) is 24.5 Å². The first-order valence-electron chi connectivity index (χ1n) is 10.0. The number of aromatic nitrogens is 1. The van der Waals surface area contributed by atoms with Crippen LogP contribution in [-0.2, 0) is 21.0 Å². The number of nitriles is 1. The Morgan fingerprint density at radius 1 is 1.18 bits per heavy atom. The van der Waals surface area contributed by atoms with Crippen LogP contribution in [0.3, 0.4) is 0 Å². The SMILES string of the molecule is CN(C)S(=O)(=O)c1ccc(N2C(=S)N(c3cnc(C#N)c(C(F)(F)F)c3)C(=O)C23CCC3)cc1. The van der Waals surface area contributed by atoms with E-state index < -0.39 is 38.9 Å². The highest BCUT2D eigenvalue weighted by Crippen LogP contribution is 2.48. The van der Waals surface area contributed by atoms with E-state index in [1.54, 1.807) is 4.90 Å². The van der Waals surface area contributed by atoms with Crippen LogP contribution in [0.2, 0.25) is 0 Å². The van der Waals surface area contributed by atoms with Crippen LogP contribution in [-0.4, -0.2) is 48.4 Å². The number of thiocarbonyl (C=S) groups is 1. The van der Waals surface area contributed by atoms with E-state index in [-0.39, 0.29) is 15.7 Å². The normalized spacial score (nSPS) is 17.9. The maximum absolute atomic E-state index is 13.5. The summed E-state index contributed by atoms with van der Waals surface area (Å²) in [6.07, 6.45) is -2.27. The summed E-state index contributed by atoms with van der Waals surface area (Å²) in [5.41, 5.74) is -2.90. The molecule has 8 nitrogen and oxygen atoms in total. The molecule has 0 unspecified atom stereocenters. The number of amides is 1. The van der Waals surface area contributed by atoms with Gasteiger partial charge in [-0.05, 0) is 61.8 Å². The van der Waals surface area contributed by atoms with E-state index in [1.165, 1.54) is 44.4 Å². The zero-order valence-corrected chi connectivity index (χ0v) is 19.6. The molecule has 0 radical (unpaired) electrons. The van der Waals surface area contributed by atoms with Crippen molar-refractivity contribution < 1.29 is 26.4 Å². The van der Waals surface area contributed by atoms with Crippen molar-refractivity contribution in [3.8, 4) is 6.07 Å². The molecule has 1 saturated heterocycles. The Kier molecular flexibility index (Phi) is 5.66. The number of sulfonamides is 1. The first kappa shape index (κ1) is 24.1. The number of rotatable bonds is 4. The molecule has 34 heavy (non-hydrogen) atoms. The third-order valence-corrected chi connectivity index (χ3v) is 8.20. The van der Waals surface area contributed by atoms with Crippen LogP contribution in [0.25, 0.3) is 0 Å². The van der Waals surface area contributed by atoms with Crippen molar-refractivity contribution in [2.24, 2.45) is 0 Å². The molecule has 2 aliphatic rings. The van der Waals surface area contributed by atoms with E-state index >= 15 is 0 Å².